The zero-order chi connectivity index (χ0) is 10.9. The molecule has 14 heavy (non-hydrogen) atoms. The number of methoxy groups -OCH3 is 1. The maximum atomic E-state index is 13.6. The maximum absolute atomic E-state index is 13.6. The van der Waals surface area contributed by atoms with Crippen LogP contribution in [0.3, 0.4) is 0 Å². The van der Waals surface area contributed by atoms with E-state index in [1.807, 2.05) is 33.8 Å². The van der Waals surface area contributed by atoms with Gasteiger partial charge in [-0.05, 0) is 29.5 Å². The second-order valence-electron chi connectivity index (χ2n) is 4.55. The van der Waals surface area contributed by atoms with Crippen molar-refractivity contribution < 1.29 is 9.13 Å². The highest BCUT2D eigenvalue weighted by Gasteiger charge is 2.19. The first-order valence-electron chi connectivity index (χ1n) is 4.71. The lowest BCUT2D eigenvalue weighted by Gasteiger charge is -2.21. The standard InChI is InChI=1S/C12H17FO/c1-8-6-9(12(2,3)4)10(13)7-11(8)14-5/h6-7H,1-5H3. The molecule has 78 valence electrons. The smallest absolute Gasteiger partial charge is 0.130 e. The highest BCUT2D eigenvalue weighted by Crippen LogP contribution is 2.30. The van der Waals surface area contributed by atoms with Crippen molar-refractivity contribution in [3.05, 3.63) is 29.1 Å². The number of rotatable bonds is 1. The Bertz CT molecular complexity index is 337. The molecular weight excluding hydrogens is 179 g/mol. The number of halogens is 1. The van der Waals surface area contributed by atoms with Gasteiger partial charge in [0, 0.05) is 6.07 Å². The molecule has 0 saturated carbocycles. The first kappa shape index (κ1) is 11.0. The van der Waals surface area contributed by atoms with E-state index < -0.39 is 0 Å². The van der Waals surface area contributed by atoms with Crippen LogP contribution in [0.4, 0.5) is 4.39 Å². The molecule has 0 aliphatic rings. The van der Waals surface area contributed by atoms with E-state index in [0.717, 1.165) is 11.1 Å². The molecule has 0 aliphatic heterocycles. The lowest BCUT2D eigenvalue weighted by Crippen LogP contribution is -2.14. The summed E-state index contributed by atoms with van der Waals surface area (Å²) in [4.78, 5) is 0. The number of hydrogen-bond donors (Lipinski definition) is 0. The van der Waals surface area contributed by atoms with Gasteiger partial charge in [0.05, 0.1) is 7.11 Å². The molecule has 0 amide bonds. The Labute approximate surface area is 84.9 Å². The zero-order valence-electron chi connectivity index (χ0n) is 9.44. The molecule has 0 spiro atoms. The molecule has 2 heteroatoms. The summed E-state index contributed by atoms with van der Waals surface area (Å²) >= 11 is 0. The quantitative estimate of drug-likeness (QED) is 0.668. The molecule has 0 aliphatic carbocycles. The van der Waals surface area contributed by atoms with Crippen LogP contribution in [0.5, 0.6) is 5.75 Å². The van der Waals surface area contributed by atoms with Gasteiger partial charge in [-0.1, -0.05) is 20.8 Å². The number of hydrogen-bond acceptors (Lipinski definition) is 1. The summed E-state index contributed by atoms with van der Waals surface area (Å²) in [5, 5.41) is 0. The van der Waals surface area contributed by atoms with Crippen LogP contribution in [0.25, 0.3) is 0 Å². The highest BCUT2D eigenvalue weighted by atomic mass is 19.1. The minimum atomic E-state index is -0.194. The maximum Gasteiger partial charge on any atom is 0.130 e. The molecule has 0 N–H and O–H groups in total. The molecule has 0 unspecified atom stereocenters. The fourth-order valence-electron chi connectivity index (χ4n) is 1.46. The molecule has 0 atom stereocenters. The third kappa shape index (κ3) is 2.06. The number of aryl methyl sites for hydroxylation is 1. The van der Waals surface area contributed by atoms with E-state index in [9.17, 15) is 4.39 Å². The molecule has 1 aromatic carbocycles. The summed E-state index contributed by atoms with van der Waals surface area (Å²) in [6.07, 6.45) is 0. The van der Waals surface area contributed by atoms with Gasteiger partial charge in [-0.2, -0.15) is 0 Å². The fraction of sp³-hybridized carbons (Fsp3) is 0.500. The minimum Gasteiger partial charge on any atom is -0.496 e. The van der Waals surface area contributed by atoms with Gasteiger partial charge in [-0.15, -0.1) is 0 Å². The van der Waals surface area contributed by atoms with Gasteiger partial charge >= 0.3 is 0 Å². The molecule has 1 nitrogen and oxygen atoms in total. The molecular formula is C12H17FO. The minimum absolute atomic E-state index is 0.166. The van der Waals surface area contributed by atoms with Crippen LogP contribution in [-0.4, -0.2) is 7.11 Å². The van der Waals surface area contributed by atoms with E-state index in [0.29, 0.717) is 5.75 Å². The average molecular weight is 196 g/mol. The van der Waals surface area contributed by atoms with Gasteiger partial charge in [0.15, 0.2) is 0 Å². The molecule has 0 heterocycles. The first-order chi connectivity index (χ1) is 6.36. The Morgan fingerprint density at radius 3 is 2.21 bits per heavy atom. The Morgan fingerprint density at radius 1 is 1.21 bits per heavy atom. The summed E-state index contributed by atoms with van der Waals surface area (Å²) in [5.74, 6) is 0.412. The Balaban J connectivity index is 3.29. The highest BCUT2D eigenvalue weighted by molar-refractivity contribution is 5.39. The van der Waals surface area contributed by atoms with Crippen molar-refractivity contribution >= 4 is 0 Å². The van der Waals surface area contributed by atoms with E-state index >= 15 is 0 Å². The van der Waals surface area contributed by atoms with E-state index in [2.05, 4.69) is 0 Å². The van der Waals surface area contributed by atoms with E-state index in [-0.39, 0.29) is 11.2 Å². The van der Waals surface area contributed by atoms with Gasteiger partial charge in [0.25, 0.3) is 0 Å². The fourth-order valence-corrected chi connectivity index (χ4v) is 1.46. The molecule has 0 radical (unpaired) electrons. The summed E-state index contributed by atoms with van der Waals surface area (Å²) in [6, 6.07) is 3.31. The van der Waals surface area contributed by atoms with Crippen molar-refractivity contribution in [1.82, 2.24) is 0 Å². The lowest BCUT2D eigenvalue weighted by atomic mass is 9.85. The zero-order valence-corrected chi connectivity index (χ0v) is 9.44. The van der Waals surface area contributed by atoms with Gasteiger partial charge in [-0.3, -0.25) is 0 Å². The van der Waals surface area contributed by atoms with E-state index in [4.69, 9.17) is 4.74 Å². The topological polar surface area (TPSA) is 9.23 Å². The molecule has 1 rings (SSSR count). The van der Waals surface area contributed by atoms with Crippen LogP contribution >= 0.6 is 0 Å². The van der Waals surface area contributed by atoms with Crippen LogP contribution in [0.1, 0.15) is 31.9 Å². The monoisotopic (exact) mass is 196 g/mol. The summed E-state index contributed by atoms with van der Waals surface area (Å²) in [5.41, 5.74) is 1.54. The van der Waals surface area contributed by atoms with Crippen molar-refractivity contribution in [2.45, 2.75) is 33.1 Å². The van der Waals surface area contributed by atoms with Crippen LogP contribution in [0, 0.1) is 12.7 Å². The Hall–Kier alpha value is -1.05. The summed E-state index contributed by atoms with van der Waals surface area (Å²) < 4.78 is 18.7. The Morgan fingerprint density at radius 2 is 1.79 bits per heavy atom. The molecule has 0 aromatic heterocycles. The summed E-state index contributed by atoms with van der Waals surface area (Å²) in [6.45, 7) is 7.92. The molecule has 0 saturated heterocycles. The Kier molecular flexibility index (Phi) is 2.84. The van der Waals surface area contributed by atoms with E-state index in [1.165, 1.54) is 6.07 Å². The number of benzene rings is 1. The van der Waals surface area contributed by atoms with Crippen LogP contribution in [0.2, 0.25) is 0 Å². The van der Waals surface area contributed by atoms with Crippen molar-refractivity contribution in [3.8, 4) is 5.75 Å². The second-order valence-corrected chi connectivity index (χ2v) is 4.55. The van der Waals surface area contributed by atoms with E-state index in [1.54, 1.807) is 7.11 Å². The van der Waals surface area contributed by atoms with Crippen LogP contribution in [-0.2, 0) is 5.41 Å². The largest absolute Gasteiger partial charge is 0.496 e. The predicted molar refractivity (Wildman–Crippen MR) is 56.4 cm³/mol. The van der Waals surface area contributed by atoms with Crippen molar-refractivity contribution in [1.29, 1.82) is 0 Å². The van der Waals surface area contributed by atoms with Gasteiger partial charge in [-0.25, -0.2) is 4.39 Å². The van der Waals surface area contributed by atoms with Gasteiger partial charge < -0.3 is 4.74 Å². The first-order valence-corrected chi connectivity index (χ1v) is 4.71. The van der Waals surface area contributed by atoms with Crippen LogP contribution < -0.4 is 4.74 Å². The van der Waals surface area contributed by atoms with Crippen LogP contribution in [0.15, 0.2) is 12.1 Å². The SMILES string of the molecule is COc1cc(F)c(C(C)(C)C)cc1C. The third-order valence-corrected chi connectivity index (χ3v) is 2.29. The summed E-state index contributed by atoms with van der Waals surface area (Å²) in [7, 11) is 1.55. The molecule has 0 bridgehead atoms. The lowest BCUT2D eigenvalue weighted by molar-refractivity contribution is 0.405. The van der Waals surface area contributed by atoms with Gasteiger partial charge in [0.2, 0.25) is 0 Å². The normalized spacial score (nSPS) is 11.6. The molecule has 0 fully saturated rings. The third-order valence-electron chi connectivity index (χ3n) is 2.29. The van der Waals surface area contributed by atoms with Crippen molar-refractivity contribution in [2.24, 2.45) is 0 Å². The average Bonchev–Trinajstić information content (AvgIpc) is 2.06. The predicted octanol–water partition coefficient (Wildman–Crippen LogP) is 3.44. The van der Waals surface area contributed by atoms with Crippen molar-refractivity contribution in [2.75, 3.05) is 7.11 Å². The van der Waals surface area contributed by atoms with Gasteiger partial charge in [0.1, 0.15) is 11.6 Å². The second kappa shape index (κ2) is 3.60. The molecule has 1 aromatic rings. The van der Waals surface area contributed by atoms with Crippen molar-refractivity contribution in [3.63, 3.8) is 0 Å². The number of ether oxygens (including phenoxy) is 1.